The third kappa shape index (κ3) is 7.40. The van der Waals surface area contributed by atoms with Crippen LogP contribution in [0.4, 0.5) is 11.4 Å². The van der Waals surface area contributed by atoms with Crippen molar-refractivity contribution in [3.63, 3.8) is 0 Å². The Morgan fingerprint density at radius 2 is 1.66 bits per heavy atom. The first kappa shape index (κ1) is 22.7. The molecular formula is C22H29ClN4O2. The second kappa shape index (κ2) is 10.8. The second-order valence-electron chi connectivity index (χ2n) is 7.15. The summed E-state index contributed by atoms with van der Waals surface area (Å²) in [5.41, 5.74) is 3.76. The zero-order valence-corrected chi connectivity index (χ0v) is 18.2. The highest BCUT2D eigenvalue weighted by Crippen LogP contribution is 2.20. The summed E-state index contributed by atoms with van der Waals surface area (Å²) in [4.78, 5) is 28.5. The highest BCUT2D eigenvalue weighted by Gasteiger charge is 2.14. The van der Waals surface area contributed by atoms with Gasteiger partial charge in [-0.15, -0.1) is 0 Å². The van der Waals surface area contributed by atoms with Crippen LogP contribution in [0.1, 0.15) is 18.1 Å². The van der Waals surface area contributed by atoms with Crippen LogP contribution >= 0.6 is 11.6 Å². The van der Waals surface area contributed by atoms with Crippen LogP contribution in [0, 0.1) is 6.92 Å². The summed E-state index contributed by atoms with van der Waals surface area (Å²) in [5.74, 6) is -0.292. The lowest BCUT2D eigenvalue weighted by Crippen LogP contribution is -2.40. The van der Waals surface area contributed by atoms with E-state index < -0.39 is 0 Å². The van der Waals surface area contributed by atoms with E-state index >= 15 is 0 Å². The first-order chi connectivity index (χ1) is 13.8. The normalized spacial score (nSPS) is 10.7. The zero-order valence-electron chi connectivity index (χ0n) is 17.5. The molecule has 2 rings (SSSR count). The molecule has 0 saturated heterocycles. The molecule has 0 unspecified atom stereocenters. The summed E-state index contributed by atoms with van der Waals surface area (Å²) >= 11 is 5.99. The molecule has 0 aliphatic heterocycles. The fourth-order valence-electron chi connectivity index (χ4n) is 2.77. The highest BCUT2D eigenvalue weighted by atomic mass is 35.5. The van der Waals surface area contributed by atoms with Gasteiger partial charge in [0.15, 0.2) is 0 Å². The molecule has 0 aromatic heterocycles. The maximum absolute atomic E-state index is 12.4. The Kier molecular flexibility index (Phi) is 8.49. The van der Waals surface area contributed by atoms with Crippen molar-refractivity contribution < 1.29 is 9.59 Å². The number of hydrogen-bond acceptors (Lipinski definition) is 4. The van der Waals surface area contributed by atoms with Crippen LogP contribution in [0.2, 0.25) is 5.02 Å². The lowest BCUT2D eigenvalue weighted by Gasteiger charge is -2.20. The van der Waals surface area contributed by atoms with Gasteiger partial charge < -0.3 is 15.5 Å². The molecule has 2 aromatic rings. The first-order valence-corrected chi connectivity index (χ1v) is 9.97. The molecule has 2 aromatic carbocycles. The number of benzene rings is 2. The van der Waals surface area contributed by atoms with Gasteiger partial charge in [0.2, 0.25) is 11.8 Å². The van der Waals surface area contributed by atoms with Crippen molar-refractivity contribution in [3.05, 3.63) is 58.6 Å². The van der Waals surface area contributed by atoms with Crippen molar-refractivity contribution >= 4 is 34.8 Å². The summed E-state index contributed by atoms with van der Waals surface area (Å²) in [6.45, 7) is 5.17. The van der Waals surface area contributed by atoms with Gasteiger partial charge in [-0.25, -0.2) is 0 Å². The smallest absolute Gasteiger partial charge is 0.238 e. The summed E-state index contributed by atoms with van der Waals surface area (Å²) in [6.07, 6.45) is 0. The molecule has 0 bridgehead atoms. The average Bonchev–Trinajstić information content (AvgIpc) is 2.69. The second-order valence-corrected chi connectivity index (χ2v) is 7.58. The van der Waals surface area contributed by atoms with E-state index in [2.05, 4.69) is 10.6 Å². The third-order valence-electron chi connectivity index (χ3n) is 4.60. The molecule has 0 aliphatic carbocycles. The van der Waals surface area contributed by atoms with Crippen LogP contribution in [0.3, 0.4) is 0 Å². The molecule has 7 heteroatoms. The number of aryl methyl sites for hydroxylation is 1. The summed E-state index contributed by atoms with van der Waals surface area (Å²) in [6, 6.07) is 13.4. The maximum Gasteiger partial charge on any atom is 0.238 e. The highest BCUT2D eigenvalue weighted by molar-refractivity contribution is 6.31. The van der Waals surface area contributed by atoms with Crippen LogP contribution in [-0.4, -0.2) is 50.4 Å². The Labute approximate surface area is 177 Å². The molecule has 2 N–H and O–H groups in total. The molecule has 0 radical (unpaired) electrons. The van der Waals surface area contributed by atoms with Crippen LogP contribution in [0.25, 0.3) is 0 Å². The standard InChI is InChI=1S/C22H29ClN4O2/c1-5-27(15-22(29)25-20-12-18(23)9-6-16(20)2)14-21(28)24-13-17-7-10-19(11-8-17)26(3)4/h6-12H,5,13-15H2,1-4H3,(H,24,28)(H,25,29). The van der Waals surface area contributed by atoms with Gasteiger partial charge in [0, 0.05) is 37.0 Å². The number of nitrogens with zero attached hydrogens (tertiary/aromatic N) is 2. The maximum atomic E-state index is 12.4. The number of amides is 2. The molecule has 0 spiro atoms. The quantitative estimate of drug-likeness (QED) is 0.658. The fraction of sp³-hybridized carbons (Fsp3) is 0.364. The minimum Gasteiger partial charge on any atom is -0.378 e. The van der Waals surface area contributed by atoms with Crippen molar-refractivity contribution in [2.24, 2.45) is 0 Å². The summed E-state index contributed by atoms with van der Waals surface area (Å²) < 4.78 is 0. The number of rotatable bonds is 9. The Morgan fingerprint density at radius 3 is 2.28 bits per heavy atom. The number of likely N-dealkylation sites (N-methyl/N-ethyl adjacent to an activating group) is 1. The number of carbonyl (C=O) groups is 2. The van der Waals surface area contributed by atoms with Crippen molar-refractivity contribution in [3.8, 4) is 0 Å². The van der Waals surface area contributed by atoms with E-state index in [1.54, 1.807) is 17.0 Å². The van der Waals surface area contributed by atoms with E-state index in [0.717, 1.165) is 16.8 Å². The van der Waals surface area contributed by atoms with E-state index in [9.17, 15) is 9.59 Å². The van der Waals surface area contributed by atoms with Crippen LogP contribution < -0.4 is 15.5 Å². The number of hydrogen-bond donors (Lipinski definition) is 2. The average molecular weight is 417 g/mol. The Bertz CT molecular complexity index is 837. The molecule has 6 nitrogen and oxygen atoms in total. The molecular weight excluding hydrogens is 388 g/mol. The van der Waals surface area contributed by atoms with Gasteiger partial charge in [-0.05, 0) is 48.9 Å². The minimum atomic E-state index is -0.177. The Morgan fingerprint density at radius 1 is 1.00 bits per heavy atom. The predicted molar refractivity (Wildman–Crippen MR) is 120 cm³/mol. The van der Waals surface area contributed by atoms with Gasteiger partial charge in [-0.2, -0.15) is 0 Å². The van der Waals surface area contributed by atoms with Gasteiger partial charge in [-0.1, -0.05) is 36.7 Å². The Balaban J connectivity index is 1.82. The SMILES string of the molecule is CCN(CC(=O)NCc1ccc(N(C)C)cc1)CC(=O)Nc1cc(Cl)ccc1C. The predicted octanol–water partition coefficient (Wildman–Crippen LogP) is 3.29. The minimum absolute atomic E-state index is 0.115. The monoisotopic (exact) mass is 416 g/mol. The lowest BCUT2D eigenvalue weighted by molar-refractivity contribution is -0.123. The number of nitrogens with one attached hydrogen (secondary N) is 2. The van der Waals surface area contributed by atoms with E-state index in [1.165, 1.54) is 0 Å². The summed E-state index contributed by atoms with van der Waals surface area (Å²) in [5, 5.41) is 6.34. The summed E-state index contributed by atoms with van der Waals surface area (Å²) in [7, 11) is 3.97. The number of anilines is 2. The van der Waals surface area contributed by atoms with E-state index in [4.69, 9.17) is 11.6 Å². The van der Waals surface area contributed by atoms with Crippen molar-refractivity contribution in [2.75, 3.05) is 43.9 Å². The molecule has 0 saturated carbocycles. The van der Waals surface area contributed by atoms with Gasteiger partial charge in [0.05, 0.1) is 13.1 Å². The van der Waals surface area contributed by atoms with E-state index in [-0.39, 0.29) is 24.9 Å². The molecule has 0 heterocycles. The van der Waals surface area contributed by atoms with Crippen molar-refractivity contribution in [1.82, 2.24) is 10.2 Å². The third-order valence-corrected chi connectivity index (χ3v) is 4.83. The van der Waals surface area contributed by atoms with Gasteiger partial charge >= 0.3 is 0 Å². The lowest BCUT2D eigenvalue weighted by atomic mass is 10.2. The number of halogens is 1. The van der Waals surface area contributed by atoms with Crippen LogP contribution in [0.15, 0.2) is 42.5 Å². The molecule has 29 heavy (non-hydrogen) atoms. The molecule has 0 fully saturated rings. The van der Waals surface area contributed by atoms with E-state index in [1.807, 2.05) is 63.2 Å². The molecule has 0 aliphatic rings. The molecule has 2 amide bonds. The number of carbonyl (C=O) groups excluding carboxylic acids is 2. The van der Waals surface area contributed by atoms with Gasteiger partial charge in [-0.3, -0.25) is 14.5 Å². The largest absolute Gasteiger partial charge is 0.378 e. The molecule has 0 atom stereocenters. The molecule has 156 valence electrons. The van der Waals surface area contributed by atoms with Crippen molar-refractivity contribution in [2.45, 2.75) is 20.4 Å². The zero-order chi connectivity index (χ0) is 21.4. The van der Waals surface area contributed by atoms with Crippen molar-refractivity contribution in [1.29, 1.82) is 0 Å². The van der Waals surface area contributed by atoms with Gasteiger partial charge in [0.1, 0.15) is 0 Å². The Hall–Kier alpha value is -2.57. The van der Waals surface area contributed by atoms with Gasteiger partial charge in [0.25, 0.3) is 0 Å². The fourth-order valence-corrected chi connectivity index (χ4v) is 2.94. The van der Waals surface area contributed by atoms with Crippen LogP contribution in [-0.2, 0) is 16.1 Å². The topological polar surface area (TPSA) is 64.7 Å². The van der Waals surface area contributed by atoms with Crippen LogP contribution in [0.5, 0.6) is 0 Å². The first-order valence-electron chi connectivity index (χ1n) is 9.59. The van der Waals surface area contributed by atoms with E-state index in [0.29, 0.717) is 23.8 Å².